The predicted molar refractivity (Wildman–Crippen MR) is 96.5 cm³/mol. The molecule has 1 heterocycles. The van der Waals surface area contributed by atoms with Crippen molar-refractivity contribution >= 4 is 15.9 Å². The molecule has 0 spiro atoms. The van der Waals surface area contributed by atoms with E-state index in [1.54, 1.807) is 0 Å². The first kappa shape index (κ1) is 14.7. The Hall–Kier alpha value is -1.87. The molecule has 1 aliphatic rings. The summed E-state index contributed by atoms with van der Waals surface area (Å²) in [4.78, 5) is 0. The van der Waals surface area contributed by atoms with E-state index in [1.165, 1.54) is 28.7 Å². The number of aromatic nitrogens is 1. The van der Waals surface area contributed by atoms with Crippen LogP contribution in [0.5, 0.6) is 0 Å². The summed E-state index contributed by atoms with van der Waals surface area (Å²) < 4.78 is 6.84. The summed E-state index contributed by atoms with van der Waals surface area (Å²) in [5.74, 6) is 0.936. The largest absolute Gasteiger partial charge is 0.355 e. The Kier molecular flexibility index (Phi) is 3.82. The normalized spacial score (nSPS) is 12.8. The summed E-state index contributed by atoms with van der Waals surface area (Å²) in [6.07, 6.45) is 4.31. The molecular formula is C20H18BrNO. The minimum Gasteiger partial charge on any atom is -0.355 e. The fourth-order valence-corrected chi connectivity index (χ4v) is 3.76. The maximum absolute atomic E-state index is 5.72. The van der Waals surface area contributed by atoms with Crippen LogP contribution in [0, 0.1) is 0 Å². The fraction of sp³-hybridized carbons (Fsp3) is 0.250. The zero-order chi connectivity index (χ0) is 15.8. The number of hydrogen-bond donors (Lipinski definition) is 0. The van der Waals surface area contributed by atoms with Crippen molar-refractivity contribution in [1.29, 1.82) is 0 Å². The van der Waals surface area contributed by atoms with Gasteiger partial charge in [0.15, 0.2) is 5.76 Å². The third-order valence-electron chi connectivity index (χ3n) is 4.51. The fourth-order valence-electron chi connectivity index (χ4n) is 3.35. The molecule has 116 valence electrons. The quantitative estimate of drug-likeness (QED) is 0.582. The minimum atomic E-state index is 0.936. The number of hydrogen-bond acceptors (Lipinski definition) is 2. The molecule has 0 saturated heterocycles. The summed E-state index contributed by atoms with van der Waals surface area (Å²) in [6.45, 7) is 2.21. The third kappa shape index (κ3) is 2.63. The highest BCUT2D eigenvalue weighted by atomic mass is 79.9. The van der Waals surface area contributed by atoms with Gasteiger partial charge in [-0.15, -0.1) is 0 Å². The summed E-state index contributed by atoms with van der Waals surface area (Å²) >= 11 is 3.55. The standard InChI is InChI=1S/C20H18BrNO/c1-2-3-13-4-6-14(7-5-13)19-18-10-8-15-12-16(21)9-11-17(15)20(18)23-22-19/h4-7,9,11-12H,2-3,8,10H2,1H3. The number of nitrogens with zero attached hydrogens (tertiary/aromatic N) is 1. The molecule has 0 N–H and O–H groups in total. The van der Waals surface area contributed by atoms with Gasteiger partial charge in [-0.2, -0.15) is 0 Å². The van der Waals surface area contributed by atoms with Gasteiger partial charge in [0.25, 0.3) is 0 Å². The van der Waals surface area contributed by atoms with E-state index in [4.69, 9.17) is 4.52 Å². The van der Waals surface area contributed by atoms with Crippen LogP contribution in [-0.4, -0.2) is 5.16 Å². The van der Waals surface area contributed by atoms with Gasteiger partial charge in [-0.05, 0) is 48.6 Å². The first-order chi connectivity index (χ1) is 11.3. The molecule has 2 aromatic carbocycles. The van der Waals surface area contributed by atoms with Gasteiger partial charge in [0.2, 0.25) is 0 Å². The van der Waals surface area contributed by atoms with Gasteiger partial charge in [-0.25, -0.2) is 0 Å². The van der Waals surface area contributed by atoms with Gasteiger partial charge >= 0.3 is 0 Å². The van der Waals surface area contributed by atoms with Gasteiger partial charge in [0.1, 0.15) is 5.69 Å². The summed E-state index contributed by atoms with van der Waals surface area (Å²) in [5.41, 5.74) is 7.27. The average Bonchev–Trinajstić information content (AvgIpc) is 3.00. The van der Waals surface area contributed by atoms with Gasteiger partial charge in [0, 0.05) is 21.2 Å². The predicted octanol–water partition coefficient (Wildman–Crippen LogP) is 5.82. The topological polar surface area (TPSA) is 26.0 Å². The van der Waals surface area contributed by atoms with Gasteiger partial charge in [-0.1, -0.05) is 58.7 Å². The lowest BCUT2D eigenvalue weighted by atomic mass is 9.88. The number of aryl methyl sites for hydroxylation is 2. The molecule has 3 heteroatoms. The molecule has 2 nitrogen and oxygen atoms in total. The lowest BCUT2D eigenvalue weighted by molar-refractivity contribution is 0.433. The molecule has 0 unspecified atom stereocenters. The zero-order valence-corrected chi connectivity index (χ0v) is 14.7. The van der Waals surface area contributed by atoms with Crippen LogP contribution < -0.4 is 0 Å². The van der Waals surface area contributed by atoms with E-state index in [-0.39, 0.29) is 0 Å². The van der Waals surface area contributed by atoms with Crippen molar-refractivity contribution < 1.29 is 4.52 Å². The van der Waals surface area contributed by atoms with Crippen LogP contribution in [0.1, 0.15) is 30.0 Å². The number of benzene rings is 2. The number of halogens is 1. The van der Waals surface area contributed by atoms with Gasteiger partial charge < -0.3 is 4.52 Å². The van der Waals surface area contributed by atoms with Crippen LogP contribution >= 0.6 is 15.9 Å². The van der Waals surface area contributed by atoms with Crippen molar-refractivity contribution in [2.75, 3.05) is 0 Å². The van der Waals surface area contributed by atoms with Gasteiger partial charge in [-0.3, -0.25) is 0 Å². The van der Waals surface area contributed by atoms with Crippen molar-refractivity contribution in [3.8, 4) is 22.6 Å². The van der Waals surface area contributed by atoms with Crippen LogP contribution in [0.25, 0.3) is 22.6 Å². The highest BCUT2D eigenvalue weighted by Crippen LogP contribution is 2.39. The van der Waals surface area contributed by atoms with E-state index >= 15 is 0 Å². The molecule has 0 radical (unpaired) electrons. The van der Waals surface area contributed by atoms with Crippen molar-refractivity contribution in [1.82, 2.24) is 5.16 Å². The van der Waals surface area contributed by atoms with E-state index in [2.05, 4.69) is 70.5 Å². The SMILES string of the molecule is CCCc1ccc(-c2noc3c2CCc2cc(Br)ccc2-3)cc1. The van der Waals surface area contributed by atoms with Crippen LogP contribution in [0.4, 0.5) is 0 Å². The van der Waals surface area contributed by atoms with Crippen LogP contribution in [0.15, 0.2) is 51.5 Å². The number of fused-ring (bicyclic) bond motifs is 3. The molecule has 4 rings (SSSR count). The van der Waals surface area contributed by atoms with E-state index in [9.17, 15) is 0 Å². The molecule has 0 aliphatic heterocycles. The molecular weight excluding hydrogens is 350 g/mol. The summed E-state index contributed by atoms with van der Waals surface area (Å²) in [6, 6.07) is 15.1. The molecule has 1 aliphatic carbocycles. The van der Waals surface area contributed by atoms with Gasteiger partial charge in [0.05, 0.1) is 0 Å². The summed E-state index contributed by atoms with van der Waals surface area (Å²) in [7, 11) is 0. The third-order valence-corrected chi connectivity index (χ3v) is 5.00. The Morgan fingerprint density at radius 1 is 1.09 bits per heavy atom. The van der Waals surface area contributed by atoms with Crippen LogP contribution in [0.3, 0.4) is 0 Å². The molecule has 0 amide bonds. The minimum absolute atomic E-state index is 0.936. The maximum Gasteiger partial charge on any atom is 0.170 e. The lowest BCUT2D eigenvalue weighted by Crippen LogP contribution is -2.02. The molecule has 0 fully saturated rings. The van der Waals surface area contributed by atoms with E-state index < -0.39 is 0 Å². The van der Waals surface area contributed by atoms with E-state index in [0.717, 1.165) is 40.8 Å². The summed E-state index contributed by atoms with van der Waals surface area (Å²) in [5, 5.41) is 4.38. The Morgan fingerprint density at radius 3 is 2.70 bits per heavy atom. The molecule has 23 heavy (non-hydrogen) atoms. The van der Waals surface area contributed by atoms with Crippen LogP contribution in [-0.2, 0) is 19.3 Å². The van der Waals surface area contributed by atoms with Crippen molar-refractivity contribution in [2.45, 2.75) is 32.6 Å². The Morgan fingerprint density at radius 2 is 1.91 bits per heavy atom. The molecule has 0 saturated carbocycles. The maximum atomic E-state index is 5.72. The monoisotopic (exact) mass is 367 g/mol. The molecule has 3 aromatic rings. The second-order valence-corrected chi connectivity index (χ2v) is 7.00. The number of rotatable bonds is 3. The average molecular weight is 368 g/mol. The second kappa shape index (κ2) is 5.97. The molecule has 0 bridgehead atoms. The second-order valence-electron chi connectivity index (χ2n) is 6.09. The molecule has 0 atom stereocenters. The van der Waals surface area contributed by atoms with Crippen molar-refractivity contribution in [3.05, 3.63) is 63.6 Å². The Labute approximate surface area is 144 Å². The Balaban J connectivity index is 1.75. The zero-order valence-electron chi connectivity index (χ0n) is 13.1. The van der Waals surface area contributed by atoms with E-state index in [1.807, 2.05) is 0 Å². The highest BCUT2D eigenvalue weighted by Gasteiger charge is 2.25. The lowest BCUT2D eigenvalue weighted by Gasteiger charge is -2.15. The van der Waals surface area contributed by atoms with E-state index in [0.29, 0.717) is 0 Å². The molecule has 1 aromatic heterocycles. The van der Waals surface area contributed by atoms with Crippen LogP contribution in [0.2, 0.25) is 0 Å². The van der Waals surface area contributed by atoms with Crippen molar-refractivity contribution in [2.24, 2.45) is 0 Å². The smallest absolute Gasteiger partial charge is 0.170 e. The van der Waals surface area contributed by atoms with Crippen molar-refractivity contribution in [3.63, 3.8) is 0 Å². The first-order valence-electron chi connectivity index (χ1n) is 8.13. The Bertz CT molecular complexity index is 849. The highest BCUT2D eigenvalue weighted by molar-refractivity contribution is 9.10. The first-order valence-corrected chi connectivity index (χ1v) is 8.92.